The fraction of sp³-hybridized carbons (Fsp3) is 0. The number of aromatic amines is 1. The lowest BCUT2D eigenvalue weighted by Gasteiger charge is -2.00. The first-order valence-corrected chi connectivity index (χ1v) is 4.83. The van der Waals surface area contributed by atoms with Gasteiger partial charge in [0.25, 0.3) is 5.56 Å². The molecule has 0 bridgehead atoms. The van der Waals surface area contributed by atoms with E-state index in [0.717, 1.165) is 0 Å². The molecule has 2 rings (SSSR count). The molecule has 0 amide bonds. The molecule has 0 spiro atoms. The van der Waals surface area contributed by atoms with Gasteiger partial charge in [0.2, 0.25) is 0 Å². The van der Waals surface area contributed by atoms with Crippen molar-refractivity contribution in [3.05, 3.63) is 44.4 Å². The summed E-state index contributed by atoms with van der Waals surface area (Å²) in [7, 11) is 0. The van der Waals surface area contributed by atoms with E-state index in [0.29, 0.717) is 9.86 Å². The Hall–Kier alpha value is -1.67. The third kappa shape index (κ3) is 1.64. The van der Waals surface area contributed by atoms with Crippen LogP contribution in [-0.2, 0) is 0 Å². The van der Waals surface area contributed by atoms with Gasteiger partial charge in [0.1, 0.15) is 17.4 Å². The summed E-state index contributed by atoms with van der Waals surface area (Å²) in [5.74, 6) is -0.527. The van der Waals surface area contributed by atoms with Crippen molar-refractivity contribution in [3.8, 4) is 6.07 Å². The molecular weight excluding hydrogens is 263 g/mol. The van der Waals surface area contributed by atoms with E-state index in [4.69, 9.17) is 5.26 Å². The fourth-order valence-corrected chi connectivity index (χ4v) is 1.77. The number of nitrogens with zero attached hydrogens (tertiary/aromatic N) is 1. The van der Waals surface area contributed by atoms with E-state index in [-0.39, 0.29) is 11.1 Å². The van der Waals surface area contributed by atoms with Crippen LogP contribution in [0.25, 0.3) is 10.9 Å². The van der Waals surface area contributed by atoms with Crippen molar-refractivity contribution in [2.45, 2.75) is 0 Å². The average Bonchev–Trinajstić information content (AvgIpc) is 2.18. The first-order valence-electron chi connectivity index (χ1n) is 4.04. The average molecular weight is 267 g/mol. The molecule has 74 valence electrons. The van der Waals surface area contributed by atoms with Crippen molar-refractivity contribution in [1.82, 2.24) is 4.98 Å². The van der Waals surface area contributed by atoms with Gasteiger partial charge in [-0.05, 0) is 18.2 Å². The fourth-order valence-electron chi connectivity index (χ4n) is 1.32. The molecule has 5 heteroatoms. The Morgan fingerprint density at radius 3 is 2.80 bits per heavy atom. The number of halogens is 2. The van der Waals surface area contributed by atoms with Gasteiger partial charge < -0.3 is 4.98 Å². The molecule has 2 aromatic rings. The first-order chi connectivity index (χ1) is 7.11. The van der Waals surface area contributed by atoms with Crippen LogP contribution in [0.4, 0.5) is 4.39 Å². The summed E-state index contributed by atoms with van der Waals surface area (Å²) in [5, 5.41) is 9.13. The number of benzene rings is 1. The lowest BCUT2D eigenvalue weighted by molar-refractivity contribution is 0.635. The first kappa shape index (κ1) is 9.87. The molecule has 0 radical (unpaired) electrons. The monoisotopic (exact) mass is 266 g/mol. The SMILES string of the molecule is N#Cc1cc2cc(Br)cc(F)c2[nH]c1=O. The zero-order chi connectivity index (χ0) is 11.0. The number of H-pyrrole nitrogens is 1. The molecule has 0 aliphatic rings. The molecular formula is C10H4BrFN2O. The summed E-state index contributed by atoms with van der Waals surface area (Å²) in [5.41, 5.74) is -0.492. The molecule has 1 aromatic heterocycles. The lowest BCUT2D eigenvalue weighted by atomic mass is 10.1. The summed E-state index contributed by atoms with van der Waals surface area (Å²) in [6.07, 6.45) is 0. The summed E-state index contributed by atoms with van der Waals surface area (Å²) >= 11 is 3.13. The van der Waals surface area contributed by atoms with Crippen molar-refractivity contribution in [2.75, 3.05) is 0 Å². The molecule has 1 aromatic carbocycles. The summed E-state index contributed by atoms with van der Waals surface area (Å²) in [6, 6.07) is 6.00. The second kappa shape index (κ2) is 3.48. The topological polar surface area (TPSA) is 56.6 Å². The molecule has 0 saturated heterocycles. The Morgan fingerprint density at radius 2 is 2.13 bits per heavy atom. The minimum atomic E-state index is -0.578. The highest BCUT2D eigenvalue weighted by Crippen LogP contribution is 2.21. The number of nitrogens with one attached hydrogen (secondary N) is 1. The van der Waals surface area contributed by atoms with Crippen LogP contribution in [0.3, 0.4) is 0 Å². The second-order valence-electron chi connectivity index (χ2n) is 2.98. The Morgan fingerprint density at radius 1 is 1.40 bits per heavy atom. The maximum absolute atomic E-state index is 13.4. The Bertz CT molecular complexity index is 642. The van der Waals surface area contributed by atoms with E-state index < -0.39 is 11.4 Å². The van der Waals surface area contributed by atoms with E-state index in [1.165, 1.54) is 12.1 Å². The van der Waals surface area contributed by atoms with Crippen LogP contribution < -0.4 is 5.56 Å². The Balaban J connectivity index is 2.95. The number of fused-ring (bicyclic) bond motifs is 1. The van der Waals surface area contributed by atoms with Crippen molar-refractivity contribution in [1.29, 1.82) is 5.26 Å². The van der Waals surface area contributed by atoms with E-state index in [1.807, 2.05) is 0 Å². The minimum Gasteiger partial charge on any atom is -0.318 e. The van der Waals surface area contributed by atoms with E-state index >= 15 is 0 Å². The van der Waals surface area contributed by atoms with E-state index in [1.54, 1.807) is 12.1 Å². The zero-order valence-electron chi connectivity index (χ0n) is 7.34. The Labute approximate surface area is 92.3 Å². The van der Waals surface area contributed by atoms with Crippen molar-refractivity contribution >= 4 is 26.8 Å². The molecule has 1 N–H and O–H groups in total. The quantitative estimate of drug-likeness (QED) is 0.796. The number of pyridine rings is 1. The van der Waals surface area contributed by atoms with Crippen LogP contribution in [0, 0.1) is 17.1 Å². The summed E-state index contributed by atoms with van der Waals surface area (Å²) in [6.45, 7) is 0. The van der Waals surface area contributed by atoms with Crippen molar-refractivity contribution < 1.29 is 4.39 Å². The standard InChI is InChI=1S/C10H4BrFN2O/c11-7-2-5-1-6(4-13)10(15)14-9(5)8(12)3-7/h1-3H,(H,14,15). The van der Waals surface area contributed by atoms with Crippen LogP contribution in [0.2, 0.25) is 0 Å². The molecule has 0 fully saturated rings. The lowest BCUT2D eigenvalue weighted by Crippen LogP contribution is -2.10. The summed E-state index contributed by atoms with van der Waals surface area (Å²) < 4.78 is 13.9. The van der Waals surface area contributed by atoms with Crippen LogP contribution in [0.5, 0.6) is 0 Å². The highest BCUT2D eigenvalue weighted by molar-refractivity contribution is 9.10. The minimum absolute atomic E-state index is 0.0278. The van der Waals surface area contributed by atoms with E-state index in [2.05, 4.69) is 20.9 Å². The molecule has 1 heterocycles. The largest absolute Gasteiger partial charge is 0.318 e. The molecule has 0 unspecified atom stereocenters. The smallest absolute Gasteiger partial charge is 0.266 e. The highest BCUT2D eigenvalue weighted by atomic mass is 79.9. The third-order valence-corrected chi connectivity index (χ3v) is 2.45. The molecule has 3 nitrogen and oxygen atoms in total. The van der Waals surface area contributed by atoms with E-state index in [9.17, 15) is 9.18 Å². The number of aromatic nitrogens is 1. The van der Waals surface area contributed by atoms with Gasteiger partial charge in [-0.2, -0.15) is 5.26 Å². The molecule has 0 saturated carbocycles. The number of hydrogen-bond acceptors (Lipinski definition) is 2. The number of rotatable bonds is 0. The van der Waals surface area contributed by atoms with Gasteiger partial charge in [-0.15, -0.1) is 0 Å². The molecule has 0 atom stereocenters. The third-order valence-electron chi connectivity index (χ3n) is 1.99. The zero-order valence-corrected chi connectivity index (χ0v) is 8.93. The van der Waals surface area contributed by atoms with Gasteiger partial charge in [0, 0.05) is 9.86 Å². The Kier molecular flexibility index (Phi) is 2.29. The number of hydrogen-bond donors (Lipinski definition) is 1. The van der Waals surface area contributed by atoms with Gasteiger partial charge in [-0.1, -0.05) is 15.9 Å². The highest BCUT2D eigenvalue weighted by Gasteiger charge is 2.06. The van der Waals surface area contributed by atoms with Gasteiger partial charge >= 0.3 is 0 Å². The number of nitriles is 1. The molecule has 15 heavy (non-hydrogen) atoms. The second-order valence-corrected chi connectivity index (χ2v) is 3.89. The van der Waals surface area contributed by atoms with Crippen LogP contribution in [0.15, 0.2) is 27.5 Å². The predicted molar refractivity (Wildman–Crippen MR) is 56.9 cm³/mol. The van der Waals surface area contributed by atoms with Crippen molar-refractivity contribution in [2.24, 2.45) is 0 Å². The van der Waals surface area contributed by atoms with Gasteiger partial charge in [-0.25, -0.2) is 4.39 Å². The van der Waals surface area contributed by atoms with Crippen LogP contribution >= 0.6 is 15.9 Å². The molecule has 0 aliphatic carbocycles. The maximum Gasteiger partial charge on any atom is 0.266 e. The predicted octanol–water partition coefficient (Wildman–Crippen LogP) is 2.30. The molecule has 0 aliphatic heterocycles. The van der Waals surface area contributed by atoms with Crippen molar-refractivity contribution in [3.63, 3.8) is 0 Å². The maximum atomic E-state index is 13.4. The van der Waals surface area contributed by atoms with Gasteiger partial charge in [-0.3, -0.25) is 4.79 Å². The summed E-state index contributed by atoms with van der Waals surface area (Å²) in [4.78, 5) is 13.6. The van der Waals surface area contributed by atoms with Gasteiger partial charge in [0.15, 0.2) is 0 Å². The van der Waals surface area contributed by atoms with Gasteiger partial charge in [0.05, 0.1) is 5.52 Å². The van der Waals surface area contributed by atoms with Crippen LogP contribution in [-0.4, -0.2) is 4.98 Å². The van der Waals surface area contributed by atoms with Crippen LogP contribution in [0.1, 0.15) is 5.56 Å². The normalized spacial score (nSPS) is 10.2.